The Kier molecular flexibility index (Phi) is 4.08. The van der Waals surface area contributed by atoms with Crippen molar-refractivity contribution in [1.82, 2.24) is 5.32 Å². The Bertz CT molecular complexity index is 616. The number of nitrogens with one attached hydrogen (secondary N) is 1. The monoisotopic (exact) mass is 319 g/mol. The smallest absolute Gasteiger partial charge is 0.307 e. The molecule has 0 aromatic carbocycles. The molecule has 4 atom stereocenters. The third-order valence-electron chi connectivity index (χ3n) is 5.02. The molecule has 3 rings (SSSR count). The second kappa shape index (κ2) is 5.88. The van der Waals surface area contributed by atoms with Crippen LogP contribution in [0, 0.1) is 23.7 Å². The average molecular weight is 319 g/mol. The average Bonchev–Trinajstić information content (AvgIpc) is 3.17. The molecule has 0 saturated heterocycles. The summed E-state index contributed by atoms with van der Waals surface area (Å²) in [4.78, 5) is 25.4. The van der Waals surface area contributed by atoms with Crippen molar-refractivity contribution in [3.63, 3.8) is 0 Å². The lowest BCUT2D eigenvalue weighted by Gasteiger charge is -2.26. The first-order valence-corrected chi connectivity index (χ1v) is 8.58. The topological polar surface area (TPSA) is 66.4 Å². The Morgan fingerprint density at radius 3 is 2.50 bits per heavy atom. The molecule has 2 N–H and O–H groups in total. The highest BCUT2D eigenvalue weighted by molar-refractivity contribution is 7.09. The van der Waals surface area contributed by atoms with Crippen molar-refractivity contribution in [2.24, 2.45) is 23.7 Å². The van der Waals surface area contributed by atoms with Gasteiger partial charge in [0, 0.05) is 4.88 Å². The predicted molar refractivity (Wildman–Crippen MR) is 85.4 cm³/mol. The van der Waals surface area contributed by atoms with Crippen LogP contribution in [0.15, 0.2) is 28.7 Å². The maximum absolute atomic E-state index is 12.6. The van der Waals surface area contributed by atoms with Crippen molar-refractivity contribution in [3.8, 4) is 0 Å². The number of aliphatic carboxylic acids is 1. The highest BCUT2D eigenvalue weighted by Gasteiger charge is 2.57. The maximum atomic E-state index is 12.6. The summed E-state index contributed by atoms with van der Waals surface area (Å²) >= 11 is 1.59. The minimum atomic E-state index is -0.831. The minimum Gasteiger partial charge on any atom is -0.481 e. The van der Waals surface area contributed by atoms with Crippen LogP contribution in [-0.4, -0.2) is 17.0 Å². The Morgan fingerprint density at radius 2 is 1.95 bits per heavy atom. The van der Waals surface area contributed by atoms with E-state index in [4.69, 9.17) is 0 Å². The van der Waals surface area contributed by atoms with Gasteiger partial charge in [-0.25, -0.2) is 0 Å². The van der Waals surface area contributed by atoms with E-state index in [1.807, 2.05) is 31.4 Å². The SMILES string of the molecule is CC(C)=C1[C@H]2CC[C@@H]1[C@H](C(=O)O)[C@@H]2C(=O)NCc1cccs1. The van der Waals surface area contributed by atoms with Crippen LogP contribution in [0.4, 0.5) is 0 Å². The van der Waals surface area contributed by atoms with Gasteiger partial charge in [0.25, 0.3) is 0 Å². The highest BCUT2D eigenvalue weighted by atomic mass is 32.1. The van der Waals surface area contributed by atoms with Crippen LogP contribution < -0.4 is 5.32 Å². The molecule has 1 amide bonds. The molecule has 2 aliphatic rings. The van der Waals surface area contributed by atoms with Crippen LogP contribution in [0.1, 0.15) is 31.6 Å². The Labute approximate surface area is 134 Å². The van der Waals surface area contributed by atoms with Crippen molar-refractivity contribution in [2.45, 2.75) is 33.2 Å². The van der Waals surface area contributed by atoms with E-state index in [-0.39, 0.29) is 17.7 Å². The van der Waals surface area contributed by atoms with E-state index < -0.39 is 17.8 Å². The van der Waals surface area contributed by atoms with Gasteiger partial charge >= 0.3 is 5.97 Å². The lowest BCUT2D eigenvalue weighted by molar-refractivity contribution is -0.149. The third-order valence-corrected chi connectivity index (χ3v) is 5.90. The normalized spacial score (nSPS) is 29.6. The van der Waals surface area contributed by atoms with Gasteiger partial charge in [-0.3, -0.25) is 9.59 Å². The number of allylic oxidation sites excluding steroid dienone is 2. The van der Waals surface area contributed by atoms with Crippen molar-refractivity contribution in [2.75, 3.05) is 0 Å². The summed E-state index contributed by atoms with van der Waals surface area (Å²) in [6.07, 6.45) is 1.84. The minimum absolute atomic E-state index is 0.0463. The highest BCUT2D eigenvalue weighted by Crippen LogP contribution is 2.57. The molecule has 0 aliphatic heterocycles. The van der Waals surface area contributed by atoms with E-state index in [9.17, 15) is 14.7 Å². The molecule has 22 heavy (non-hydrogen) atoms. The first-order chi connectivity index (χ1) is 10.5. The van der Waals surface area contributed by atoms with Gasteiger partial charge in [-0.15, -0.1) is 11.3 Å². The van der Waals surface area contributed by atoms with E-state index in [1.54, 1.807) is 11.3 Å². The number of thiophene rings is 1. The lowest BCUT2D eigenvalue weighted by Crippen LogP contribution is -2.40. The number of carboxylic acids is 1. The summed E-state index contributed by atoms with van der Waals surface area (Å²) in [5, 5.41) is 14.5. The molecule has 2 aliphatic carbocycles. The first-order valence-electron chi connectivity index (χ1n) is 7.71. The van der Waals surface area contributed by atoms with E-state index in [0.29, 0.717) is 6.54 Å². The van der Waals surface area contributed by atoms with Gasteiger partial charge in [-0.1, -0.05) is 17.2 Å². The maximum Gasteiger partial charge on any atom is 0.307 e. The zero-order chi connectivity index (χ0) is 15.9. The largest absolute Gasteiger partial charge is 0.481 e. The van der Waals surface area contributed by atoms with Crippen LogP contribution in [-0.2, 0) is 16.1 Å². The molecule has 4 nitrogen and oxygen atoms in total. The zero-order valence-electron chi connectivity index (χ0n) is 12.8. The number of fused-ring (bicyclic) bond motifs is 2. The fourth-order valence-electron chi connectivity index (χ4n) is 4.31. The van der Waals surface area contributed by atoms with E-state index in [0.717, 1.165) is 17.7 Å². The third kappa shape index (κ3) is 2.47. The van der Waals surface area contributed by atoms with Crippen molar-refractivity contribution >= 4 is 23.2 Å². The van der Waals surface area contributed by atoms with Gasteiger partial charge in [-0.2, -0.15) is 0 Å². The fourth-order valence-corrected chi connectivity index (χ4v) is 4.95. The van der Waals surface area contributed by atoms with Crippen LogP contribution >= 0.6 is 11.3 Å². The van der Waals surface area contributed by atoms with Gasteiger partial charge in [0.05, 0.1) is 18.4 Å². The standard InChI is InChI=1S/C17H21NO3S/c1-9(2)13-11-5-6-12(13)15(17(20)21)14(11)16(19)18-8-10-4-3-7-22-10/h3-4,7,11-12,14-15H,5-6,8H2,1-2H3,(H,18,19)(H,20,21)/t11-,12+,14-,15+/m1/s1. The fraction of sp³-hybridized carbons (Fsp3) is 0.529. The van der Waals surface area contributed by atoms with Gasteiger partial charge in [0.15, 0.2) is 0 Å². The molecule has 0 radical (unpaired) electrons. The number of hydrogen-bond donors (Lipinski definition) is 2. The summed E-state index contributed by atoms with van der Waals surface area (Å²) in [5.41, 5.74) is 2.41. The molecule has 5 heteroatoms. The Morgan fingerprint density at radius 1 is 1.27 bits per heavy atom. The van der Waals surface area contributed by atoms with Crippen LogP contribution in [0.25, 0.3) is 0 Å². The Hall–Kier alpha value is -1.62. The van der Waals surface area contributed by atoms with Gasteiger partial charge in [0.2, 0.25) is 5.91 Å². The van der Waals surface area contributed by atoms with Crippen LogP contribution in [0.3, 0.4) is 0 Å². The van der Waals surface area contributed by atoms with Crippen LogP contribution in [0.2, 0.25) is 0 Å². The molecular weight excluding hydrogens is 298 g/mol. The quantitative estimate of drug-likeness (QED) is 0.838. The summed E-state index contributed by atoms with van der Waals surface area (Å²) in [6, 6.07) is 3.92. The molecular formula is C17H21NO3S. The number of carbonyl (C=O) groups excluding carboxylic acids is 1. The molecule has 2 saturated carbocycles. The summed E-state index contributed by atoms with van der Waals surface area (Å²) in [7, 11) is 0. The van der Waals surface area contributed by atoms with Crippen molar-refractivity contribution < 1.29 is 14.7 Å². The van der Waals surface area contributed by atoms with Gasteiger partial charge < -0.3 is 10.4 Å². The second-order valence-corrected chi connectivity index (χ2v) is 7.46. The first kappa shape index (κ1) is 15.3. The molecule has 1 aromatic rings. The number of carbonyl (C=O) groups is 2. The molecule has 0 unspecified atom stereocenters. The zero-order valence-corrected chi connectivity index (χ0v) is 13.7. The van der Waals surface area contributed by atoms with Crippen molar-refractivity contribution in [3.05, 3.63) is 33.5 Å². The number of amides is 1. The lowest BCUT2D eigenvalue weighted by atomic mass is 9.79. The molecule has 0 spiro atoms. The molecule has 2 bridgehead atoms. The summed E-state index contributed by atoms with van der Waals surface area (Å²) in [6.45, 7) is 4.55. The van der Waals surface area contributed by atoms with Crippen LogP contribution in [0.5, 0.6) is 0 Å². The van der Waals surface area contributed by atoms with E-state index >= 15 is 0 Å². The second-order valence-electron chi connectivity index (χ2n) is 6.43. The number of hydrogen-bond acceptors (Lipinski definition) is 3. The van der Waals surface area contributed by atoms with Crippen molar-refractivity contribution in [1.29, 1.82) is 0 Å². The predicted octanol–water partition coefficient (Wildman–Crippen LogP) is 3.06. The summed E-state index contributed by atoms with van der Waals surface area (Å²) in [5.74, 6) is -1.76. The summed E-state index contributed by atoms with van der Waals surface area (Å²) < 4.78 is 0. The van der Waals surface area contributed by atoms with E-state index in [2.05, 4.69) is 5.32 Å². The molecule has 1 heterocycles. The molecule has 118 valence electrons. The molecule has 2 fully saturated rings. The number of carboxylic acid groups (broad SMARTS) is 1. The molecule has 1 aromatic heterocycles. The van der Waals surface area contributed by atoms with Gasteiger partial charge in [-0.05, 0) is 50.0 Å². The van der Waals surface area contributed by atoms with Gasteiger partial charge in [0.1, 0.15) is 0 Å². The van der Waals surface area contributed by atoms with E-state index in [1.165, 1.54) is 11.1 Å². The number of rotatable bonds is 4. The Balaban J connectivity index is 1.80.